The first-order valence-corrected chi connectivity index (χ1v) is 16.3. The fourth-order valence-electron chi connectivity index (χ4n) is 5.76. The van der Waals surface area contributed by atoms with Gasteiger partial charge in [-0.2, -0.15) is 0 Å². The van der Waals surface area contributed by atoms with E-state index < -0.39 is 0 Å². The highest BCUT2D eigenvalue weighted by molar-refractivity contribution is 9.11. The summed E-state index contributed by atoms with van der Waals surface area (Å²) in [6.45, 7) is 0. The van der Waals surface area contributed by atoms with Crippen molar-refractivity contribution >= 4 is 118 Å². The molecular formula is C36H18Br4O2. The van der Waals surface area contributed by atoms with Gasteiger partial charge in [0.1, 0.15) is 0 Å². The average Bonchev–Trinajstić information content (AvgIpc) is 2.99. The van der Waals surface area contributed by atoms with E-state index in [2.05, 4.69) is 124 Å². The highest BCUT2D eigenvalue weighted by Gasteiger charge is 2.32. The van der Waals surface area contributed by atoms with Crippen molar-refractivity contribution in [3.05, 3.63) is 149 Å². The number of halogens is 4. The number of carbonyl (C=O) groups is 2. The predicted molar refractivity (Wildman–Crippen MR) is 187 cm³/mol. The van der Waals surface area contributed by atoms with E-state index in [4.69, 9.17) is 0 Å². The molecule has 0 saturated carbocycles. The molecule has 0 unspecified atom stereocenters. The zero-order valence-electron chi connectivity index (χ0n) is 21.7. The van der Waals surface area contributed by atoms with E-state index in [1.54, 1.807) is 24.3 Å². The molecule has 2 nitrogen and oxygen atoms in total. The summed E-state index contributed by atoms with van der Waals surface area (Å²) in [7, 11) is 0. The molecule has 6 heteroatoms. The van der Waals surface area contributed by atoms with Gasteiger partial charge in [0.25, 0.3) is 0 Å². The van der Waals surface area contributed by atoms with E-state index in [1.807, 2.05) is 24.3 Å². The molecule has 0 radical (unpaired) electrons. The Balaban J connectivity index is 0.000000138. The van der Waals surface area contributed by atoms with Crippen LogP contribution in [-0.2, 0) is 0 Å². The number of fused-ring (bicyclic) bond motifs is 8. The normalized spacial score (nSPS) is 12.4. The second kappa shape index (κ2) is 10.8. The Labute approximate surface area is 275 Å². The van der Waals surface area contributed by atoms with Crippen molar-refractivity contribution in [1.82, 2.24) is 0 Å². The molecule has 0 saturated heterocycles. The predicted octanol–water partition coefficient (Wildman–Crippen LogP) is 11.8. The molecule has 202 valence electrons. The van der Waals surface area contributed by atoms with E-state index in [0.29, 0.717) is 26.7 Å². The van der Waals surface area contributed by atoms with Gasteiger partial charge in [-0.25, -0.2) is 0 Å². The topological polar surface area (TPSA) is 34.1 Å². The minimum absolute atomic E-state index is 0.102. The standard InChI is InChI=1S/C18H8Br2O2.C18H10Br2/c19-13-5-1-3-10-9(13)7-8-12-15(10)17(21)11-4-2-6-14(20)16(11)18(12)22;19-17-6-2-4-13-14(17)8-7-12-10-16-11(9-15(12)13)3-1-5-18(16)20/h1-8H;1-10H. The number of rotatable bonds is 0. The molecular weight excluding hydrogens is 784 g/mol. The van der Waals surface area contributed by atoms with Crippen molar-refractivity contribution in [3.63, 3.8) is 0 Å². The van der Waals surface area contributed by atoms with Gasteiger partial charge in [0.2, 0.25) is 0 Å². The van der Waals surface area contributed by atoms with Crippen LogP contribution >= 0.6 is 63.7 Å². The molecule has 0 aromatic heterocycles. The maximum Gasteiger partial charge on any atom is 0.195 e. The third-order valence-electron chi connectivity index (χ3n) is 7.74. The van der Waals surface area contributed by atoms with Gasteiger partial charge in [0.05, 0.1) is 0 Å². The van der Waals surface area contributed by atoms with Crippen LogP contribution in [0.1, 0.15) is 31.8 Å². The summed E-state index contributed by atoms with van der Waals surface area (Å²) in [5, 5.41) is 9.38. The highest BCUT2D eigenvalue weighted by Crippen LogP contribution is 2.38. The molecule has 0 spiro atoms. The Hall–Kier alpha value is -3.16. The summed E-state index contributed by atoms with van der Waals surface area (Å²) < 4.78 is 3.86. The van der Waals surface area contributed by atoms with E-state index >= 15 is 0 Å². The smallest absolute Gasteiger partial charge is 0.195 e. The fourth-order valence-corrected chi connectivity index (χ4v) is 7.80. The van der Waals surface area contributed by atoms with Crippen LogP contribution < -0.4 is 0 Å². The Morgan fingerprint density at radius 2 is 0.857 bits per heavy atom. The molecule has 0 aliphatic heterocycles. The summed E-state index contributed by atoms with van der Waals surface area (Å²) in [6, 6.07) is 36.2. The zero-order valence-corrected chi connectivity index (χ0v) is 28.1. The van der Waals surface area contributed by atoms with Gasteiger partial charge in [-0.1, -0.05) is 130 Å². The third-order valence-corrected chi connectivity index (χ3v) is 10.5. The minimum atomic E-state index is -0.112. The van der Waals surface area contributed by atoms with Gasteiger partial charge >= 0.3 is 0 Å². The van der Waals surface area contributed by atoms with Crippen LogP contribution in [-0.4, -0.2) is 11.6 Å². The largest absolute Gasteiger partial charge is 0.289 e. The van der Waals surface area contributed by atoms with Crippen LogP contribution in [0.2, 0.25) is 0 Å². The average molecular weight is 802 g/mol. The van der Waals surface area contributed by atoms with Crippen LogP contribution in [0.3, 0.4) is 0 Å². The van der Waals surface area contributed by atoms with Crippen molar-refractivity contribution in [2.45, 2.75) is 0 Å². The fraction of sp³-hybridized carbons (Fsp3) is 0. The molecule has 7 aromatic carbocycles. The summed E-state index contributed by atoms with van der Waals surface area (Å²) in [5.74, 6) is -0.214. The quantitative estimate of drug-likeness (QED) is 0.113. The van der Waals surface area contributed by atoms with Gasteiger partial charge in [-0.3, -0.25) is 9.59 Å². The van der Waals surface area contributed by atoms with Crippen LogP contribution in [0.5, 0.6) is 0 Å². The van der Waals surface area contributed by atoms with Gasteiger partial charge in [-0.05, 0) is 85.6 Å². The zero-order chi connectivity index (χ0) is 29.1. The van der Waals surface area contributed by atoms with E-state index in [1.165, 1.54) is 32.3 Å². The first-order valence-electron chi connectivity index (χ1n) is 13.1. The molecule has 0 heterocycles. The maximum absolute atomic E-state index is 12.9. The van der Waals surface area contributed by atoms with E-state index in [9.17, 15) is 9.59 Å². The number of carbonyl (C=O) groups excluding carboxylic acids is 2. The molecule has 0 N–H and O–H groups in total. The molecule has 0 amide bonds. The molecule has 0 fully saturated rings. The summed E-state index contributed by atoms with van der Waals surface area (Å²) in [6.07, 6.45) is 0. The molecule has 0 bridgehead atoms. The summed E-state index contributed by atoms with van der Waals surface area (Å²) in [5.41, 5.74) is 1.87. The molecule has 1 aliphatic carbocycles. The molecule has 7 aromatic rings. The van der Waals surface area contributed by atoms with Crippen LogP contribution in [0, 0.1) is 0 Å². The lowest BCUT2D eigenvalue weighted by atomic mass is 9.82. The number of benzene rings is 7. The summed E-state index contributed by atoms with van der Waals surface area (Å²) in [4.78, 5) is 25.8. The monoisotopic (exact) mass is 798 g/mol. The van der Waals surface area contributed by atoms with Crippen LogP contribution in [0.4, 0.5) is 0 Å². The molecule has 42 heavy (non-hydrogen) atoms. The van der Waals surface area contributed by atoms with E-state index in [-0.39, 0.29) is 11.6 Å². The lowest BCUT2D eigenvalue weighted by molar-refractivity contribution is 0.0980. The molecule has 0 atom stereocenters. The molecule has 1 aliphatic rings. The summed E-state index contributed by atoms with van der Waals surface area (Å²) >= 11 is 14.2. The van der Waals surface area contributed by atoms with Crippen molar-refractivity contribution in [1.29, 1.82) is 0 Å². The highest BCUT2D eigenvalue weighted by atomic mass is 79.9. The third kappa shape index (κ3) is 4.47. The Kier molecular flexibility index (Phi) is 7.14. The number of hydrogen-bond acceptors (Lipinski definition) is 2. The van der Waals surface area contributed by atoms with Gasteiger partial charge in [-0.15, -0.1) is 0 Å². The van der Waals surface area contributed by atoms with Crippen molar-refractivity contribution < 1.29 is 9.59 Å². The van der Waals surface area contributed by atoms with Crippen molar-refractivity contribution in [3.8, 4) is 0 Å². The van der Waals surface area contributed by atoms with Crippen molar-refractivity contribution in [2.75, 3.05) is 0 Å². The van der Waals surface area contributed by atoms with Gasteiger partial charge < -0.3 is 0 Å². The number of ketones is 2. The lowest BCUT2D eigenvalue weighted by Crippen LogP contribution is -2.21. The second-order valence-corrected chi connectivity index (χ2v) is 13.5. The number of hydrogen-bond donors (Lipinski definition) is 0. The SMILES string of the molecule is Brc1cccc2cc3c(ccc4c(Br)cccc43)cc12.O=C1c2ccc3c(Br)cccc3c2C(=O)c2cccc(Br)c21. The van der Waals surface area contributed by atoms with Gasteiger partial charge in [0.15, 0.2) is 11.6 Å². The Bertz CT molecular complexity index is 2280. The molecule has 8 rings (SSSR count). The van der Waals surface area contributed by atoms with E-state index in [0.717, 1.165) is 24.2 Å². The first-order chi connectivity index (χ1) is 20.3. The van der Waals surface area contributed by atoms with Crippen molar-refractivity contribution in [2.24, 2.45) is 0 Å². The Morgan fingerprint density at radius 3 is 1.62 bits per heavy atom. The minimum Gasteiger partial charge on any atom is -0.289 e. The second-order valence-electron chi connectivity index (χ2n) is 10.1. The lowest BCUT2D eigenvalue weighted by Gasteiger charge is -2.20. The van der Waals surface area contributed by atoms with Crippen LogP contribution in [0.25, 0.3) is 43.1 Å². The Morgan fingerprint density at radius 1 is 0.357 bits per heavy atom. The first kappa shape index (κ1) is 27.7. The van der Waals surface area contributed by atoms with Gasteiger partial charge in [0, 0.05) is 40.1 Å². The van der Waals surface area contributed by atoms with Crippen LogP contribution in [0.15, 0.2) is 127 Å². The maximum atomic E-state index is 12.9.